The molecule has 0 spiro atoms. The average Bonchev–Trinajstić information content (AvgIpc) is 2.92. The van der Waals surface area contributed by atoms with Crippen LogP contribution in [0.25, 0.3) is 0 Å². The van der Waals surface area contributed by atoms with Gasteiger partial charge in [0.15, 0.2) is 0 Å². The van der Waals surface area contributed by atoms with E-state index in [-0.39, 0.29) is 0 Å². The lowest BCUT2D eigenvalue weighted by molar-refractivity contribution is 0.275. The van der Waals surface area contributed by atoms with Crippen LogP contribution in [0.1, 0.15) is 57.9 Å². The number of phenolic OH excluding ortho intramolecular Hbond substituents is 1. The minimum atomic E-state index is 0.375. The quantitative estimate of drug-likeness (QED) is 0.747. The third-order valence-electron chi connectivity index (χ3n) is 4.99. The third-order valence-corrected chi connectivity index (χ3v) is 4.99. The predicted molar refractivity (Wildman–Crippen MR) is 81.3 cm³/mol. The van der Waals surface area contributed by atoms with E-state index in [0.29, 0.717) is 5.75 Å². The van der Waals surface area contributed by atoms with Gasteiger partial charge in [-0.25, -0.2) is 0 Å². The van der Waals surface area contributed by atoms with E-state index >= 15 is 0 Å². The van der Waals surface area contributed by atoms with E-state index in [1.807, 2.05) is 12.1 Å². The van der Waals surface area contributed by atoms with Gasteiger partial charge in [-0.05, 0) is 48.3 Å². The molecule has 0 heterocycles. The molecular weight excluding hydrogens is 232 g/mol. The molecule has 1 fully saturated rings. The van der Waals surface area contributed by atoms with Crippen LogP contribution >= 0.6 is 0 Å². The Bertz CT molecular complexity index is 362. The smallest absolute Gasteiger partial charge is 0.115 e. The number of rotatable bonds is 6. The zero-order valence-corrected chi connectivity index (χ0v) is 12.4. The van der Waals surface area contributed by atoms with Crippen molar-refractivity contribution in [3.8, 4) is 5.75 Å². The maximum Gasteiger partial charge on any atom is 0.115 e. The molecular formula is C18H28O. The summed E-state index contributed by atoms with van der Waals surface area (Å²) in [5, 5.41) is 9.38. The second kappa shape index (κ2) is 6.98. The lowest BCUT2D eigenvalue weighted by Gasteiger charge is -2.26. The molecule has 0 aromatic heterocycles. The van der Waals surface area contributed by atoms with Crippen molar-refractivity contribution in [2.45, 2.75) is 58.8 Å². The van der Waals surface area contributed by atoms with Crippen molar-refractivity contribution in [1.82, 2.24) is 0 Å². The summed E-state index contributed by atoms with van der Waals surface area (Å²) in [7, 11) is 0. The van der Waals surface area contributed by atoms with Gasteiger partial charge in [-0.1, -0.05) is 58.1 Å². The van der Waals surface area contributed by atoms with Gasteiger partial charge in [0.25, 0.3) is 0 Å². The van der Waals surface area contributed by atoms with Gasteiger partial charge >= 0.3 is 0 Å². The van der Waals surface area contributed by atoms with Crippen LogP contribution in [0, 0.1) is 17.8 Å². The second-order valence-corrected chi connectivity index (χ2v) is 6.40. The molecule has 1 N–H and O–H groups in total. The second-order valence-electron chi connectivity index (χ2n) is 6.40. The van der Waals surface area contributed by atoms with Crippen molar-refractivity contribution in [2.75, 3.05) is 0 Å². The molecule has 1 saturated carbocycles. The van der Waals surface area contributed by atoms with Gasteiger partial charge in [0.05, 0.1) is 0 Å². The number of hydrogen-bond acceptors (Lipinski definition) is 1. The maximum absolute atomic E-state index is 9.38. The van der Waals surface area contributed by atoms with E-state index in [1.54, 1.807) is 0 Å². The number of hydrogen-bond donors (Lipinski definition) is 1. The molecule has 2 rings (SSSR count). The number of phenols is 1. The molecule has 0 radical (unpaired) electrons. The van der Waals surface area contributed by atoms with Crippen molar-refractivity contribution in [3.05, 3.63) is 29.8 Å². The minimum Gasteiger partial charge on any atom is -0.508 e. The molecule has 106 valence electrons. The summed E-state index contributed by atoms with van der Waals surface area (Å²) >= 11 is 0. The summed E-state index contributed by atoms with van der Waals surface area (Å²) in [6.45, 7) is 4.71. The fourth-order valence-electron chi connectivity index (χ4n) is 3.46. The lowest BCUT2D eigenvalue weighted by Crippen LogP contribution is -2.17. The maximum atomic E-state index is 9.38. The molecule has 0 saturated heterocycles. The molecule has 0 amide bonds. The monoisotopic (exact) mass is 260 g/mol. The first-order valence-corrected chi connectivity index (χ1v) is 7.97. The van der Waals surface area contributed by atoms with Crippen LogP contribution in [-0.4, -0.2) is 5.11 Å². The van der Waals surface area contributed by atoms with Gasteiger partial charge in [-0.15, -0.1) is 0 Å². The lowest BCUT2D eigenvalue weighted by atomic mass is 9.79. The van der Waals surface area contributed by atoms with Crippen LogP contribution in [0.3, 0.4) is 0 Å². The zero-order chi connectivity index (χ0) is 13.7. The fourth-order valence-corrected chi connectivity index (χ4v) is 3.46. The molecule has 1 heteroatoms. The first-order valence-electron chi connectivity index (χ1n) is 7.97. The molecule has 1 nitrogen and oxygen atoms in total. The van der Waals surface area contributed by atoms with Crippen LogP contribution in [0.2, 0.25) is 0 Å². The van der Waals surface area contributed by atoms with Crippen LogP contribution in [-0.2, 0) is 6.42 Å². The van der Waals surface area contributed by atoms with Crippen LogP contribution in [0.5, 0.6) is 5.75 Å². The van der Waals surface area contributed by atoms with Gasteiger partial charge in [0.1, 0.15) is 5.75 Å². The summed E-state index contributed by atoms with van der Waals surface area (Å²) in [4.78, 5) is 0. The summed E-state index contributed by atoms with van der Waals surface area (Å²) in [6, 6.07) is 7.80. The van der Waals surface area contributed by atoms with E-state index in [4.69, 9.17) is 0 Å². The van der Waals surface area contributed by atoms with Crippen LogP contribution in [0.4, 0.5) is 0 Å². The minimum absolute atomic E-state index is 0.375. The Morgan fingerprint density at radius 2 is 1.79 bits per heavy atom. The van der Waals surface area contributed by atoms with Crippen molar-refractivity contribution < 1.29 is 5.11 Å². The van der Waals surface area contributed by atoms with E-state index in [2.05, 4.69) is 26.0 Å². The molecule has 0 aliphatic heterocycles. The third kappa shape index (κ3) is 4.26. The first kappa shape index (κ1) is 14.4. The van der Waals surface area contributed by atoms with Crippen molar-refractivity contribution in [3.63, 3.8) is 0 Å². The normalized spacial score (nSPS) is 19.5. The van der Waals surface area contributed by atoms with Gasteiger partial charge in [-0.3, -0.25) is 0 Å². The highest BCUT2D eigenvalue weighted by Gasteiger charge is 2.23. The molecule has 1 aliphatic carbocycles. The van der Waals surface area contributed by atoms with Crippen LogP contribution < -0.4 is 0 Å². The predicted octanol–water partition coefficient (Wildman–Crippen LogP) is 5.18. The molecule has 1 aliphatic rings. The molecule has 0 bridgehead atoms. The molecule has 1 aromatic rings. The van der Waals surface area contributed by atoms with Crippen molar-refractivity contribution in [1.29, 1.82) is 0 Å². The Balaban J connectivity index is 1.98. The van der Waals surface area contributed by atoms with E-state index in [1.165, 1.54) is 50.5 Å². The Morgan fingerprint density at radius 3 is 2.37 bits per heavy atom. The van der Waals surface area contributed by atoms with Crippen LogP contribution in [0.15, 0.2) is 24.3 Å². The average molecular weight is 260 g/mol. The number of aromatic hydroxyl groups is 1. The highest BCUT2D eigenvalue weighted by Crippen LogP contribution is 2.35. The van der Waals surface area contributed by atoms with Crippen molar-refractivity contribution in [2.24, 2.45) is 17.8 Å². The zero-order valence-electron chi connectivity index (χ0n) is 12.4. The largest absolute Gasteiger partial charge is 0.508 e. The topological polar surface area (TPSA) is 20.2 Å². The molecule has 2 atom stereocenters. The van der Waals surface area contributed by atoms with E-state index < -0.39 is 0 Å². The summed E-state index contributed by atoms with van der Waals surface area (Å²) in [5.41, 5.74) is 1.38. The summed E-state index contributed by atoms with van der Waals surface area (Å²) in [5.74, 6) is 2.95. The van der Waals surface area contributed by atoms with Gasteiger partial charge in [0, 0.05) is 0 Å². The van der Waals surface area contributed by atoms with Gasteiger partial charge in [-0.2, -0.15) is 0 Å². The van der Waals surface area contributed by atoms with E-state index in [9.17, 15) is 5.11 Å². The Morgan fingerprint density at radius 1 is 1.16 bits per heavy atom. The van der Waals surface area contributed by atoms with Gasteiger partial charge < -0.3 is 5.11 Å². The first-order chi connectivity index (χ1) is 9.19. The molecule has 19 heavy (non-hydrogen) atoms. The van der Waals surface area contributed by atoms with Gasteiger partial charge in [0.2, 0.25) is 0 Å². The standard InChI is InChI=1S/C18H28O/c1-3-14(2)17(12-15-6-4-5-7-15)13-16-8-10-18(19)11-9-16/h8-11,14-15,17,19H,3-7,12-13H2,1-2H3. The van der Waals surface area contributed by atoms with Crippen molar-refractivity contribution >= 4 is 0 Å². The summed E-state index contributed by atoms with van der Waals surface area (Å²) in [6.07, 6.45) is 9.62. The Hall–Kier alpha value is -0.980. The Kier molecular flexibility index (Phi) is 5.30. The highest BCUT2D eigenvalue weighted by molar-refractivity contribution is 5.26. The fraction of sp³-hybridized carbons (Fsp3) is 0.667. The number of benzene rings is 1. The summed E-state index contributed by atoms with van der Waals surface area (Å²) < 4.78 is 0. The Labute approximate surface area is 118 Å². The molecule has 1 aromatic carbocycles. The molecule has 2 unspecified atom stereocenters. The van der Waals surface area contributed by atoms with E-state index in [0.717, 1.165) is 17.8 Å². The SMILES string of the molecule is CCC(C)C(Cc1ccc(O)cc1)CC1CCCC1. The highest BCUT2D eigenvalue weighted by atomic mass is 16.3.